The second kappa shape index (κ2) is 10.7. The molecule has 2 rings (SSSR count). The van der Waals surface area contributed by atoms with Crippen LogP contribution in [0.3, 0.4) is 0 Å². The van der Waals surface area contributed by atoms with Gasteiger partial charge < -0.3 is 19.5 Å². The molecule has 0 fully saturated rings. The Hall–Kier alpha value is -3.55. The van der Waals surface area contributed by atoms with Crippen LogP contribution >= 0.6 is 0 Å². The van der Waals surface area contributed by atoms with E-state index in [9.17, 15) is 9.59 Å². The molecule has 0 saturated carbocycles. The Kier molecular flexibility index (Phi) is 8.02. The minimum absolute atomic E-state index is 0.0659. The molecule has 0 aliphatic rings. The summed E-state index contributed by atoms with van der Waals surface area (Å²) in [5, 5.41) is 6.42. The maximum atomic E-state index is 12.2. The van der Waals surface area contributed by atoms with Gasteiger partial charge in [0, 0.05) is 5.56 Å². The smallest absolute Gasteiger partial charge is 0.259 e. The first-order valence-corrected chi connectivity index (χ1v) is 9.01. The van der Waals surface area contributed by atoms with Crippen molar-refractivity contribution in [2.75, 3.05) is 20.8 Å². The van der Waals surface area contributed by atoms with E-state index in [1.165, 1.54) is 26.5 Å². The quantitative estimate of drug-likeness (QED) is 0.498. The molecule has 0 unspecified atom stereocenters. The van der Waals surface area contributed by atoms with Crippen molar-refractivity contribution in [2.45, 2.75) is 20.0 Å². The number of carbonyl (C=O) groups is 2. The van der Waals surface area contributed by atoms with E-state index >= 15 is 0 Å². The van der Waals surface area contributed by atoms with Crippen molar-refractivity contribution in [3.05, 3.63) is 53.6 Å². The fourth-order valence-electron chi connectivity index (χ4n) is 2.40. The van der Waals surface area contributed by atoms with Crippen molar-refractivity contribution in [2.24, 2.45) is 5.10 Å². The van der Waals surface area contributed by atoms with Crippen LogP contribution in [-0.4, -0.2) is 44.9 Å². The number of benzene rings is 2. The lowest BCUT2D eigenvalue weighted by Crippen LogP contribution is -2.34. The third kappa shape index (κ3) is 6.84. The minimum Gasteiger partial charge on any atom is -0.493 e. The van der Waals surface area contributed by atoms with Crippen LogP contribution in [0.15, 0.2) is 47.6 Å². The van der Waals surface area contributed by atoms with Gasteiger partial charge in [0.15, 0.2) is 11.5 Å². The number of hydrogen-bond donors (Lipinski definition) is 2. The summed E-state index contributed by atoms with van der Waals surface area (Å²) in [4.78, 5) is 24.1. The molecule has 29 heavy (non-hydrogen) atoms. The Balaban J connectivity index is 1.85. The van der Waals surface area contributed by atoms with Gasteiger partial charge in [0.2, 0.25) is 0 Å². The van der Waals surface area contributed by atoms with Gasteiger partial charge in [0.1, 0.15) is 5.75 Å². The van der Waals surface area contributed by atoms with Gasteiger partial charge in [0.25, 0.3) is 11.8 Å². The van der Waals surface area contributed by atoms with Crippen molar-refractivity contribution in [3.63, 3.8) is 0 Å². The van der Waals surface area contributed by atoms with Crippen molar-refractivity contribution in [3.8, 4) is 17.2 Å². The molecule has 2 aromatic carbocycles. The summed E-state index contributed by atoms with van der Waals surface area (Å²) in [6.45, 7) is 3.66. The van der Waals surface area contributed by atoms with Gasteiger partial charge in [-0.2, -0.15) is 5.10 Å². The van der Waals surface area contributed by atoms with Crippen LogP contribution in [0.2, 0.25) is 0 Å². The van der Waals surface area contributed by atoms with E-state index in [0.29, 0.717) is 17.1 Å². The fourth-order valence-corrected chi connectivity index (χ4v) is 2.40. The van der Waals surface area contributed by atoms with Crippen LogP contribution in [0.25, 0.3) is 0 Å². The van der Waals surface area contributed by atoms with Gasteiger partial charge in [-0.1, -0.05) is 12.1 Å². The average molecular weight is 399 g/mol. The van der Waals surface area contributed by atoms with Gasteiger partial charge in [0.05, 0.1) is 33.1 Å². The molecular weight excluding hydrogens is 374 g/mol. The number of methoxy groups -OCH3 is 2. The van der Waals surface area contributed by atoms with E-state index in [1.54, 1.807) is 12.1 Å². The number of hydrogen-bond acceptors (Lipinski definition) is 6. The molecule has 0 heterocycles. The fraction of sp³-hybridized carbons (Fsp3) is 0.286. The third-order valence-electron chi connectivity index (χ3n) is 3.69. The summed E-state index contributed by atoms with van der Waals surface area (Å²) >= 11 is 0. The van der Waals surface area contributed by atoms with Crippen LogP contribution in [0, 0.1) is 0 Å². The van der Waals surface area contributed by atoms with Crippen molar-refractivity contribution in [1.82, 2.24) is 10.7 Å². The molecule has 0 aromatic heterocycles. The zero-order chi connectivity index (χ0) is 21.2. The molecule has 8 heteroatoms. The highest BCUT2D eigenvalue weighted by molar-refractivity contribution is 5.97. The highest BCUT2D eigenvalue weighted by Gasteiger charge is 2.11. The van der Waals surface area contributed by atoms with E-state index in [-0.39, 0.29) is 12.6 Å². The molecule has 0 spiro atoms. The normalized spacial score (nSPS) is 10.7. The largest absolute Gasteiger partial charge is 0.493 e. The molecule has 2 N–H and O–H groups in total. The topological polar surface area (TPSA) is 98.2 Å². The maximum Gasteiger partial charge on any atom is 0.259 e. The zero-order valence-electron chi connectivity index (χ0n) is 16.9. The highest BCUT2D eigenvalue weighted by Crippen LogP contribution is 2.27. The predicted octanol–water partition coefficient (Wildman–Crippen LogP) is 2.37. The van der Waals surface area contributed by atoms with E-state index in [2.05, 4.69) is 15.8 Å². The molecule has 154 valence electrons. The number of ether oxygens (including phenoxy) is 3. The van der Waals surface area contributed by atoms with Crippen LogP contribution < -0.4 is 25.0 Å². The number of nitrogens with one attached hydrogen (secondary N) is 2. The lowest BCUT2D eigenvalue weighted by atomic mass is 10.2. The summed E-state index contributed by atoms with van der Waals surface area (Å²) in [6, 6.07) is 12.1. The van der Waals surface area contributed by atoms with E-state index in [1.807, 2.05) is 38.1 Å². The Morgan fingerprint density at radius 3 is 2.52 bits per heavy atom. The Labute approximate surface area is 169 Å². The van der Waals surface area contributed by atoms with Crippen molar-refractivity contribution >= 4 is 18.0 Å². The number of carbonyl (C=O) groups excluding carboxylic acids is 2. The molecule has 8 nitrogen and oxygen atoms in total. The Morgan fingerprint density at radius 2 is 1.83 bits per heavy atom. The van der Waals surface area contributed by atoms with E-state index < -0.39 is 11.8 Å². The Bertz CT molecular complexity index is 880. The van der Waals surface area contributed by atoms with Gasteiger partial charge in [-0.15, -0.1) is 0 Å². The summed E-state index contributed by atoms with van der Waals surface area (Å²) in [5.74, 6) is 0.794. The van der Waals surface area contributed by atoms with Crippen LogP contribution in [0.1, 0.15) is 29.8 Å². The number of rotatable bonds is 9. The zero-order valence-corrected chi connectivity index (χ0v) is 16.9. The third-order valence-corrected chi connectivity index (χ3v) is 3.69. The van der Waals surface area contributed by atoms with Crippen molar-refractivity contribution < 1.29 is 23.8 Å². The summed E-state index contributed by atoms with van der Waals surface area (Å²) in [7, 11) is 2.99. The summed E-state index contributed by atoms with van der Waals surface area (Å²) in [5.41, 5.74) is 3.49. The van der Waals surface area contributed by atoms with Gasteiger partial charge in [-0.05, 0) is 49.7 Å². The standard InChI is InChI=1S/C21H25N3O5/c1-14(2)29-17-7-5-6-15(10-17)12-23-24-20(25)13-22-21(26)16-8-9-18(27-3)19(11-16)28-4/h5-12,14H,13H2,1-4H3,(H,22,26)(H,24,25). The van der Waals surface area contributed by atoms with E-state index in [0.717, 1.165) is 11.3 Å². The van der Waals surface area contributed by atoms with Gasteiger partial charge in [-0.25, -0.2) is 5.43 Å². The molecule has 0 atom stereocenters. The van der Waals surface area contributed by atoms with Crippen LogP contribution in [-0.2, 0) is 4.79 Å². The molecule has 0 aliphatic carbocycles. The summed E-state index contributed by atoms with van der Waals surface area (Å²) in [6.07, 6.45) is 1.57. The van der Waals surface area contributed by atoms with Gasteiger partial charge >= 0.3 is 0 Å². The first kappa shape index (κ1) is 21.7. The number of hydrazone groups is 1. The second-order valence-corrected chi connectivity index (χ2v) is 6.28. The lowest BCUT2D eigenvalue weighted by Gasteiger charge is -2.10. The molecule has 2 amide bonds. The SMILES string of the molecule is COc1ccc(C(=O)NCC(=O)NN=Cc2cccc(OC(C)C)c2)cc1OC. The van der Waals surface area contributed by atoms with Gasteiger partial charge in [-0.3, -0.25) is 9.59 Å². The minimum atomic E-state index is -0.454. The predicted molar refractivity (Wildman–Crippen MR) is 110 cm³/mol. The first-order chi connectivity index (χ1) is 13.9. The van der Waals surface area contributed by atoms with E-state index in [4.69, 9.17) is 14.2 Å². The molecule has 0 radical (unpaired) electrons. The maximum absolute atomic E-state index is 12.2. The summed E-state index contributed by atoms with van der Waals surface area (Å²) < 4.78 is 15.9. The van der Waals surface area contributed by atoms with Crippen LogP contribution in [0.5, 0.6) is 17.2 Å². The highest BCUT2D eigenvalue weighted by atomic mass is 16.5. The molecular formula is C21H25N3O5. The molecule has 2 aromatic rings. The number of amides is 2. The molecule has 0 bridgehead atoms. The molecule has 0 saturated heterocycles. The van der Waals surface area contributed by atoms with Crippen molar-refractivity contribution in [1.29, 1.82) is 0 Å². The lowest BCUT2D eigenvalue weighted by molar-refractivity contribution is -0.120. The monoisotopic (exact) mass is 399 g/mol. The second-order valence-electron chi connectivity index (χ2n) is 6.28. The molecule has 0 aliphatic heterocycles. The first-order valence-electron chi connectivity index (χ1n) is 9.01. The average Bonchev–Trinajstić information content (AvgIpc) is 2.71. The Morgan fingerprint density at radius 1 is 1.07 bits per heavy atom. The van der Waals surface area contributed by atoms with Crippen LogP contribution in [0.4, 0.5) is 0 Å². The number of nitrogens with zero attached hydrogens (tertiary/aromatic N) is 1.